The molecule has 2 rings (SSSR count). The smallest absolute Gasteiger partial charge is 0.406 e. The average Bonchev–Trinajstić information content (AvgIpc) is 2.87. The van der Waals surface area contributed by atoms with Crippen LogP contribution in [0.2, 0.25) is 0 Å². The van der Waals surface area contributed by atoms with Gasteiger partial charge in [-0.3, -0.25) is 4.79 Å². The molecule has 0 saturated carbocycles. The van der Waals surface area contributed by atoms with E-state index in [1.165, 1.54) is 24.3 Å². The number of hydrogen-bond donors (Lipinski definition) is 1. The van der Waals surface area contributed by atoms with Gasteiger partial charge < -0.3 is 14.8 Å². The second-order valence-electron chi connectivity index (χ2n) is 4.87. The second-order valence-corrected chi connectivity index (χ2v) is 4.87. The van der Waals surface area contributed by atoms with E-state index in [0.717, 1.165) is 0 Å². The maximum absolute atomic E-state index is 12.2. The van der Waals surface area contributed by atoms with Crippen LogP contribution in [0, 0.1) is 5.92 Å². The summed E-state index contributed by atoms with van der Waals surface area (Å²) in [6.07, 6.45) is -4.54. The minimum atomic E-state index is -4.71. The molecule has 116 valence electrons. The molecule has 21 heavy (non-hydrogen) atoms. The summed E-state index contributed by atoms with van der Waals surface area (Å²) in [6.45, 7) is 0.866. The van der Waals surface area contributed by atoms with Crippen LogP contribution in [0.4, 0.5) is 13.2 Å². The lowest BCUT2D eigenvalue weighted by Gasteiger charge is -2.15. The fraction of sp³-hybridized carbons (Fsp3) is 0.500. The van der Waals surface area contributed by atoms with Crippen LogP contribution >= 0.6 is 0 Å². The van der Waals surface area contributed by atoms with E-state index >= 15 is 0 Å². The van der Waals surface area contributed by atoms with E-state index in [9.17, 15) is 18.0 Å². The lowest BCUT2D eigenvalue weighted by Crippen LogP contribution is -2.37. The van der Waals surface area contributed by atoms with Gasteiger partial charge >= 0.3 is 6.36 Å². The third-order valence-corrected chi connectivity index (χ3v) is 3.40. The molecule has 0 aromatic heterocycles. The highest BCUT2D eigenvalue weighted by molar-refractivity contribution is 5.84. The van der Waals surface area contributed by atoms with Crippen molar-refractivity contribution in [1.82, 2.24) is 5.32 Å². The van der Waals surface area contributed by atoms with E-state index in [1.807, 2.05) is 0 Å². The van der Waals surface area contributed by atoms with Crippen LogP contribution in [-0.2, 0) is 16.0 Å². The first-order valence-electron chi connectivity index (χ1n) is 6.51. The number of likely N-dealkylation sites (N-methyl/N-ethyl adjacent to an activating group) is 1. The Hall–Kier alpha value is -1.60. The van der Waals surface area contributed by atoms with Crippen molar-refractivity contribution >= 4 is 5.78 Å². The maximum atomic E-state index is 12.2. The van der Waals surface area contributed by atoms with Crippen LogP contribution in [0.1, 0.15) is 5.56 Å². The molecular weight excluding hydrogens is 287 g/mol. The van der Waals surface area contributed by atoms with E-state index < -0.39 is 6.36 Å². The predicted octanol–water partition coefficient (Wildman–Crippen LogP) is 1.93. The van der Waals surface area contributed by atoms with Gasteiger partial charge in [-0.15, -0.1) is 13.2 Å². The zero-order valence-corrected chi connectivity index (χ0v) is 11.4. The van der Waals surface area contributed by atoms with Crippen molar-refractivity contribution in [2.45, 2.75) is 18.8 Å². The molecule has 1 N–H and O–H groups in total. The first-order valence-corrected chi connectivity index (χ1v) is 6.51. The Bertz CT molecular complexity index is 487. The quantitative estimate of drug-likeness (QED) is 0.903. The minimum absolute atomic E-state index is 0.00895. The zero-order valence-electron chi connectivity index (χ0n) is 11.4. The van der Waals surface area contributed by atoms with Crippen molar-refractivity contribution in [3.05, 3.63) is 29.8 Å². The van der Waals surface area contributed by atoms with Crippen molar-refractivity contribution < 1.29 is 27.4 Å². The molecule has 7 heteroatoms. The number of nitrogens with one attached hydrogen (secondary N) is 1. The summed E-state index contributed by atoms with van der Waals surface area (Å²) < 4.78 is 45.2. The van der Waals surface area contributed by atoms with Gasteiger partial charge in [-0.2, -0.15) is 0 Å². The Kier molecular flexibility index (Phi) is 4.84. The highest BCUT2D eigenvalue weighted by Crippen LogP contribution is 2.23. The van der Waals surface area contributed by atoms with Gasteiger partial charge in [0.1, 0.15) is 11.5 Å². The molecule has 1 aromatic rings. The molecule has 1 fully saturated rings. The van der Waals surface area contributed by atoms with Crippen molar-refractivity contribution in [3.63, 3.8) is 0 Å². The monoisotopic (exact) mass is 303 g/mol. The van der Waals surface area contributed by atoms with Crippen LogP contribution in [0.25, 0.3) is 0 Å². The zero-order chi connectivity index (χ0) is 15.5. The number of rotatable bonds is 5. The van der Waals surface area contributed by atoms with Gasteiger partial charge in [0.05, 0.1) is 19.1 Å². The van der Waals surface area contributed by atoms with Gasteiger partial charge in [0.15, 0.2) is 0 Å². The molecule has 4 nitrogen and oxygen atoms in total. The van der Waals surface area contributed by atoms with Crippen LogP contribution < -0.4 is 10.1 Å². The summed E-state index contributed by atoms with van der Waals surface area (Å²) in [7, 11) is 1.77. The van der Waals surface area contributed by atoms with Gasteiger partial charge in [-0.25, -0.2) is 0 Å². The van der Waals surface area contributed by atoms with Gasteiger partial charge in [0, 0.05) is 12.5 Å². The summed E-state index contributed by atoms with van der Waals surface area (Å²) in [5.41, 5.74) is 0.649. The maximum Gasteiger partial charge on any atom is 0.573 e. The van der Waals surface area contributed by atoms with Gasteiger partial charge in [0.2, 0.25) is 0 Å². The summed E-state index contributed by atoms with van der Waals surface area (Å²) >= 11 is 0. The van der Waals surface area contributed by atoms with Gasteiger partial charge in [-0.1, -0.05) is 12.1 Å². The van der Waals surface area contributed by atoms with E-state index in [2.05, 4.69) is 10.1 Å². The summed E-state index contributed by atoms with van der Waals surface area (Å²) in [6, 6.07) is 5.32. The van der Waals surface area contributed by atoms with Crippen LogP contribution in [0.15, 0.2) is 24.3 Å². The number of Topliss-reactive ketones (excluding diaryl/α,β-unsaturated/α-hetero) is 1. The molecule has 1 aliphatic heterocycles. The van der Waals surface area contributed by atoms with E-state index in [1.54, 1.807) is 7.05 Å². The largest absolute Gasteiger partial charge is 0.573 e. The lowest BCUT2D eigenvalue weighted by atomic mass is 9.94. The first-order chi connectivity index (χ1) is 9.89. The number of hydrogen-bond acceptors (Lipinski definition) is 4. The number of ketones is 1. The number of benzene rings is 1. The highest BCUT2D eigenvalue weighted by atomic mass is 19.4. The molecule has 1 aliphatic rings. The summed E-state index contributed by atoms with van der Waals surface area (Å²) in [4.78, 5) is 12.2. The SMILES string of the molecule is CNC1COCC1C(=O)Cc1ccc(OC(F)(F)F)cc1. The molecule has 0 radical (unpaired) electrons. The topological polar surface area (TPSA) is 47.6 Å². The highest BCUT2D eigenvalue weighted by Gasteiger charge is 2.33. The third-order valence-electron chi connectivity index (χ3n) is 3.40. The molecule has 0 amide bonds. The van der Waals surface area contributed by atoms with Crippen molar-refractivity contribution in [2.24, 2.45) is 5.92 Å². The Morgan fingerprint density at radius 2 is 2.00 bits per heavy atom. The number of carbonyl (C=O) groups excluding carboxylic acids is 1. The molecule has 2 atom stereocenters. The number of carbonyl (C=O) groups is 1. The summed E-state index contributed by atoms with van der Waals surface area (Å²) in [5.74, 6) is -0.506. The van der Waals surface area contributed by atoms with E-state index in [4.69, 9.17) is 4.74 Å². The predicted molar refractivity (Wildman–Crippen MR) is 69.0 cm³/mol. The molecule has 0 bridgehead atoms. The second kappa shape index (κ2) is 6.44. The standard InChI is InChI=1S/C14H16F3NO3/c1-18-12-8-20-7-11(12)13(19)6-9-2-4-10(5-3-9)21-14(15,16)17/h2-5,11-12,18H,6-8H2,1H3. The molecular formula is C14H16F3NO3. The molecule has 0 aliphatic carbocycles. The Labute approximate surface area is 120 Å². The van der Waals surface area contributed by atoms with Crippen molar-refractivity contribution in [1.29, 1.82) is 0 Å². The average molecular weight is 303 g/mol. The van der Waals surface area contributed by atoms with Crippen LogP contribution in [-0.4, -0.2) is 38.4 Å². The third kappa shape index (κ3) is 4.44. The van der Waals surface area contributed by atoms with Crippen LogP contribution in [0.3, 0.4) is 0 Å². The minimum Gasteiger partial charge on any atom is -0.406 e. The van der Waals surface area contributed by atoms with Crippen molar-refractivity contribution in [2.75, 3.05) is 20.3 Å². The van der Waals surface area contributed by atoms with E-state index in [0.29, 0.717) is 18.8 Å². The fourth-order valence-corrected chi connectivity index (χ4v) is 2.30. The van der Waals surface area contributed by atoms with Crippen LogP contribution in [0.5, 0.6) is 5.75 Å². The fourth-order valence-electron chi connectivity index (χ4n) is 2.30. The van der Waals surface area contributed by atoms with Gasteiger partial charge in [0.25, 0.3) is 0 Å². The number of alkyl halides is 3. The normalized spacial score (nSPS) is 22.3. The first kappa shape index (κ1) is 15.8. The number of halogens is 3. The van der Waals surface area contributed by atoms with Crippen molar-refractivity contribution in [3.8, 4) is 5.75 Å². The molecule has 1 aromatic carbocycles. The summed E-state index contributed by atoms with van der Waals surface area (Å²) in [5, 5.41) is 3.02. The van der Waals surface area contributed by atoms with E-state index in [-0.39, 0.29) is 29.9 Å². The molecule has 1 saturated heterocycles. The molecule has 2 unspecified atom stereocenters. The molecule has 1 heterocycles. The van der Waals surface area contributed by atoms with Gasteiger partial charge in [-0.05, 0) is 24.7 Å². The Balaban J connectivity index is 1.95. The molecule has 0 spiro atoms. The Morgan fingerprint density at radius 3 is 2.57 bits per heavy atom. The number of ether oxygens (including phenoxy) is 2. The lowest BCUT2D eigenvalue weighted by molar-refractivity contribution is -0.274. The Morgan fingerprint density at radius 1 is 1.33 bits per heavy atom.